The van der Waals surface area contributed by atoms with E-state index in [4.69, 9.17) is 4.74 Å². The van der Waals surface area contributed by atoms with Gasteiger partial charge >= 0.3 is 0 Å². The van der Waals surface area contributed by atoms with E-state index in [1.807, 2.05) is 24.0 Å². The molecule has 6 heteroatoms. The summed E-state index contributed by atoms with van der Waals surface area (Å²) in [6.07, 6.45) is 0.787. The standard InChI is InChI=1S/C25H25NO4S/c1-2-30-23-12-11-20-13-14-26(17-22(20)16-23)25(27)21-8-6-7-19(15-21)18-31(28,29)24-9-4-3-5-10-24/h3-12,15-16H,2,13-14,17-18H2,1H3. The number of hydrogen-bond donors (Lipinski definition) is 0. The van der Waals surface area contributed by atoms with Crippen molar-refractivity contribution >= 4 is 15.7 Å². The molecular formula is C25H25NO4S. The van der Waals surface area contributed by atoms with Crippen molar-refractivity contribution in [2.75, 3.05) is 13.2 Å². The topological polar surface area (TPSA) is 63.7 Å². The summed E-state index contributed by atoms with van der Waals surface area (Å²) in [6.45, 7) is 3.69. The van der Waals surface area contributed by atoms with Gasteiger partial charge in [-0.1, -0.05) is 36.4 Å². The maximum atomic E-state index is 13.2. The number of ether oxygens (including phenoxy) is 1. The van der Waals surface area contributed by atoms with Crippen molar-refractivity contribution in [1.82, 2.24) is 4.90 Å². The third-order valence-electron chi connectivity index (χ3n) is 5.42. The molecule has 0 atom stereocenters. The number of carbonyl (C=O) groups excluding carboxylic acids is 1. The van der Waals surface area contributed by atoms with Crippen LogP contribution in [-0.2, 0) is 28.6 Å². The van der Waals surface area contributed by atoms with E-state index in [-0.39, 0.29) is 16.6 Å². The molecule has 0 saturated heterocycles. The van der Waals surface area contributed by atoms with Gasteiger partial charge in [0.25, 0.3) is 5.91 Å². The minimum absolute atomic E-state index is 0.0913. The Bertz CT molecular complexity index is 1190. The molecule has 0 bridgehead atoms. The summed E-state index contributed by atoms with van der Waals surface area (Å²) in [7, 11) is -3.47. The van der Waals surface area contributed by atoms with Crippen molar-refractivity contribution < 1.29 is 17.9 Å². The fraction of sp³-hybridized carbons (Fsp3) is 0.240. The van der Waals surface area contributed by atoms with Gasteiger partial charge in [0.05, 0.1) is 17.3 Å². The van der Waals surface area contributed by atoms with E-state index in [9.17, 15) is 13.2 Å². The molecular weight excluding hydrogens is 410 g/mol. The van der Waals surface area contributed by atoms with Crippen molar-refractivity contribution in [2.24, 2.45) is 0 Å². The largest absolute Gasteiger partial charge is 0.494 e. The van der Waals surface area contributed by atoms with Crippen LogP contribution in [0, 0.1) is 0 Å². The van der Waals surface area contributed by atoms with Crippen LogP contribution in [0.4, 0.5) is 0 Å². The molecule has 160 valence electrons. The van der Waals surface area contributed by atoms with Crippen molar-refractivity contribution in [2.45, 2.75) is 30.5 Å². The van der Waals surface area contributed by atoms with Crippen LogP contribution in [-0.4, -0.2) is 32.4 Å². The normalized spacial score (nSPS) is 13.5. The number of amides is 1. The van der Waals surface area contributed by atoms with Crippen LogP contribution in [0.3, 0.4) is 0 Å². The summed E-state index contributed by atoms with van der Waals surface area (Å²) >= 11 is 0. The minimum atomic E-state index is -3.47. The SMILES string of the molecule is CCOc1ccc2c(c1)CN(C(=O)c1cccc(CS(=O)(=O)c3ccccc3)c1)CC2. The third-order valence-corrected chi connectivity index (χ3v) is 7.12. The van der Waals surface area contributed by atoms with Gasteiger partial charge in [-0.05, 0) is 66.4 Å². The molecule has 4 rings (SSSR count). The highest BCUT2D eigenvalue weighted by Crippen LogP contribution is 2.25. The van der Waals surface area contributed by atoms with Gasteiger partial charge in [0.15, 0.2) is 9.84 Å². The molecule has 0 saturated carbocycles. The molecule has 5 nitrogen and oxygen atoms in total. The minimum Gasteiger partial charge on any atom is -0.494 e. The van der Waals surface area contributed by atoms with E-state index in [1.165, 1.54) is 5.56 Å². The third kappa shape index (κ3) is 4.80. The summed E-state index contributed by atoms with van der Waals surface area (Å²) in [5, 5.41) is 0. The lowest BCUT2D eigenvalue weighted by Crippen LogP contribution is -2.36. The lowest BCUT2D eigenvalue weighted by Gasteiger charge is -2.29. The molecule has 0 unspecified atom stereocenters. The van der Waals surface area contributed by atoms with Gasteiger partial charge in [0.1, 0.15) is 5.75 Å². The monoisotopic (exact) mass is 435 g/mol. The number of nitrogens with zero attached hydrogens (tertiary/aromatic N) is 1. The van der Waals surface area contributed by atoms with Crippen LogP contribution >= 0.6 is 0 Å². The van der Waals surface area contributed by atoms with Crippen LogP contribution in [0.2, 0.25) is 0 Å². The Morgan fingerprint density at radius 1 is 0.968 bits per heavy atom. The van der Waals surface area contributed by atoms with Crippen molar-refractivity contribution in [3.63, 3.8) is 0 Å². The maximum Gasteiger partial charge on any atom is 0.254 e. The van der Waals surface area contributed by atoms with E-state index in [2.05, 4.69) is 6.07 Å². The molecule has 0 aromatic heterocycles. The fourth-order valence-corrected chi connectivity index (χ4v) is 5.23. The smallest absolute Gasteiger partial charge is 0.254 e. The first-order valence-electron chi connectivity index (χ1n) is 10.4. The van der Waals surface area contributed by atoms with Crippen molar-refractivity contribution in [3.05, 3.63) is 95.1 Å². The first-order valence-corrected chi connectivity index (χ1v) is 12.0. The van der Waals surface area contributed by atoms with Crippen LogP contribution in [0.1, 0.15) is 34.0 Å². The van der Waals surface area contributed by atoms with Gasteiger partial charge in [-0.25, -0.2) is 8.42 Å². The quantitative estimate of drug-likeness (QED) is 0.580. The Hall–Kier alpha value is -3.12. The van der Waals surface area contributed by atoms with Crippen molar-refractivity contribution in [1.29, 1.82) is 0 Å². The van der Waals surface area contributed by atoms with Crippen molar-refractivity contribution in [3.8, 4) is 5.75 Å². The van der Waals surface area contributed by atoms with E-state index < -0.39 is 9.84 Å². The Labute approximate surface area is 183 Å². The van der Waals surface area contributed by atoms with E-state index in [0.717, 1.165) is 17.7 Å². The summed E-state index contributed by atoms with van der Waals surface area (Å²) < 4.78 is 31.0. The first-order chi connectivity index (χ1) is 15.0. The number of rotatable bonds is 6. The summed E-state index contributed by atoms with van der Waals surface area (Å²) in [5.41, 5.74) is 3.43. The molecule has 1 heterocycles. The molecule has 0 fully saturated rings. The van der Waals surface area contributed by atoms with Gasteiger partial charge < -0.3 is 9.64 Å². The number of hydrogen-bond acceptors (Lipinski definition) is 4. The fourth-order valence-electron chi connectivity index (χ4n) is 3.87. The Morgan fingerprint density at radius 2 is 1.77 bits per heavy atom. The molecule has 0 radical (unpaired) electrons. The van der Waals surface area contributed by atoms with Crippen LogP contribution in [0.25, 0.3) is 0 Å². The Kier molecular flexibility index (Phi) is 6.09. The predicted molar refractivity (Wildman–Crippen MR) is 120 cm³/mol. The molecule has 1 amide bonds. The first kappa shape index (κ1) is 21.1. The molecule has 31 heavy (non-hydrogen) atoms. The van der Waals surface area contributed by atoms with Gasteiger partial charge in [0, 0.05) is 18.7 Å². The van der Waals surface area contributed by atoms with Gasteiger partial charge in [-0.3, -0.25) is 4.79 Å². The highest BCUT2D eigenvalue weighted by atomic mass is 32.2. The predicted octanol–water partition coefficient (Wildman–Crippen LogP) is 4.26. The second-order valence-corrected chi connectivity index (χ2v) is 9.60. The average molecular weight is 436 g/mol. The summed E-state index contributed by atoms with van der Waals surface area (Å²) in [5.74, 6) is 0.577. The molecule has 1 aliphatic rings. The average Bonchev–Trinajstić information content (AvgIpc) is 2.79. The highest BCUT2D eigenvalue weighted by molar-refractivity contribution is 7.90. The molecule has 0 aliphatic carbocycles. The second-order valence-electron chi connectivity index (χ2n) is 7.61. The molecule has 3 aromatic carbocycles. The van der Waals surface area contributed by atoms with E-state index >= 15 is 0 Å². The number of sulfone groups is 1. The summed E-state index contributed by atoms with van der Waals surface area (Å²) in [4.78, 5) is 15.2. The summed E-state index contributed by atoms with van der Waals surface area (Å²) in [6, 6.07) is 21.3. The van der Waals surface area contributed by atoms with Crippen LogP contribution < -0.4 is 4.74 Å². The lowest BCUT2D eigenvalue weighted by molar-refractivity contribution is 0.0734. The molecule has 3 aromatic rings. The van der Waals surface area contributed by atoms with Crippen LogP contribution in [0.15, 0.2) is 77.7 Å². The lowest BCUT2D eigenvalue weighted by atomic mass is 9.98. The van der Waals surface area contributed by atoms with E-state index in [1.54, 1.807) is 54.6 Å². The van der Waals surface area contributed by atoms with Gasteiger partial charge in [0.2, 0.25) is 0 Å². The number of fused-ring (bicyclic) bond motifs is 1. The zero-order valence-electron chi connectivity index (χ0n) is 17.5. The van der Waals surface area contributed by atoms with Gasteiger partial charge in [-0.2, -0.15) is 0 Å². The zero-order chi connectivity index (χ0) is 21.8. The molecule has 1 aliphatic heterocycles. The maximum absolute atomic E-state index is 13.2. The van der Waals surface area contributed by atoms with Gasteiger partial charge in [-0.15, -0.1) is 0 Å². The highest BCUT2D eigenvalue weighted by Gasteiger charge is 2.23. The Balaban J connectivity index is 1.52. The second kappa shape index (κ2) is 8.94. The number of benzene rings is 3. The van der Waals surface area contributed by atoms with Crippen LogP contribution in [0.5, 0.6) is 5.75 Å². The Morgan fingerprint density at radius 3 is 2.55 bits per heavy atom. The zero-order valence-corrected chi connectivity index (χ0v) is 18.3. The molecule has 0 N–H and O–H groups in total. The number of carbonyl (C=O) groups is 1. The molecule has 0 spiro atoms. The van der Waals surface area contributed by atoms with E-state index in [0.29, 0.717) is 30.8 Å².